The van der Waals surface area contributed by atoms with Gasteiger partial charge in [-0.15, -0.1) is 0 Å². The van der Waals surface area contributed by atoms with E-state index < -0.39 is 8.07 Å². The van der Waals surface area contributed by atoms with Crippen molar-refractivity contribution in [3.63, 3.8) is 0 Å². The third kappa shape index (κ3) is 4.19. The van der Waals surface area contributed by atoms with Gasteiger partial charge in [0.05, 0.1) is 6.61 Å². The summed E-state index contributed by atoms with van der Waals surface area (Å²) in [7, 11) is -1.000. The van der Waals surface area contributed by atoms with Crippen molar-refractivity contribution in [2.75, 3.05) is 20.0 Å². The van der Waals surface area contributed by atoms with Gasteiger partial charge in [-0.05, 0) is 12.1 Å². The van der Waals surface area contributed by atoms with Crippen molar-refractivity contribution in [1.29, 1.82) is 0 Å². The maximum absolute atomic E-state index is 5.63. The largest absolute Gasteiger partial charge is 0.356 e. The van der Waals surface area contributed by atoms with Crippen LogP contribution < -0.4 is 0 Å². The molecule has 3 atom stereocenters. The lowest BCUT2D eigenvalue weighted by atomic mass is 10.2. The molecule has 0 aromatic carbocycles. The van der Waals surface area contributed by atoms with Crippen molar-refractivity contribution >= 4 is 8.07 Å². The second kappa shape index (κ2) is 5.62. The zero-order chi connectivity index (χ0) is 12.3. The maximum atomic E-state index is 5.63. The van der Waals surface area contributed by atoms with Crippen LogP contribution in [0, 0.1) is 0 Å². The zero-order valence-electron chi connectivity index (χ0n) is 10.8. The summed E-state index contributed by atoms with van der Waals surface area (Å²) in [5, 5.41) is 0. The van der Waals surface area contributed by atoms with Gasteiger partial charge >= 0.3 is 0 Å². The molecule has 0 aromatic heterocycles. The summed E-state index contributed by atoms with van der Waals surface area (Å²) in [6, 6.07) is 1.17. The fourth-order valence-corrected chi connectivity index (χ4v) is 2.52. The highest BCUT2D eigenvalue weighted by Crippen LogP contribution is 2.23. The molecule has 0 aromatic rings. The molecule has 0 saturated carbocycles. The summed E-state index contributed by atoms with van der Waals surface area (Å²) in [4.78, 5) is 0. The van der Waals surface area contributed by atoms with Crippen LogP contribution in [0.3, 0.4) is 0 Å². The van der Waals surface area contributed by atoms with Crippen LogP contribution in [0.1, 0.15) is 0 Å². The van der Waals surface area contributed by atoms with E-state index in [1.54, 1.807) is 0 Å². The van der Waals surface area contributed by atoms with E-state index in [4.69, 9.17) is 18.9 Å². The normalized spacial score (nSPS) is 32.1. The fraction of sp³-hybridized carbons (Fsp3) is 0.833. The van der Waals surface area contributed by atoms with Gasteiger partial charge in [0.25, 0.3) is 0 Å². The van der Waals surface area contributed by atoms with E-state index in [2.05, 4.69) is 19.6 Å². The average Bonchev–Trinajstić information content (AvgIpc) is 2.62. The molecule has 2 bridgehead atoms. The van der Waals surface area contributed by atoms with Crippen LogP contribution in [0.25, 0.3) is 0 Å². The van der Waals surface area contributed by atoms with E-state index in [9.17, 15) is 0 Å². The van der Waals surface area contributed by atoms with E-state index in [0.717, 1.165) is 6.61 Å². The SMILES string of the molecule is C[Si](C)(C)CCOCO[C@@H]1C=C[C@@H]2OC[C@H]1O2. The van der Waals surface area contributed by atoms with Crippen molar-refractivity contribution in [1.82, 2.24) is 0 Å². The highest BCUT2D eigenvalue weighted by molar-refractivity contribution is 6.76. The first-order chi connectivity index (χ1) is 8.04. The summed E-state index contributed by atoms with van der Waals surface area (Å²) in [6.45, 7) is 8.75. The molecular formula is C12H22O4Si. The molecule has 2 rings (SSSR count). The average molecular weight is 258 g/mol. The molecule has 0 N–H and O–H groups in total. The molecular weight excluding hydrogens is 236 g/mol. The Morgan fingerprint density at radius 2 is 2.12 bits per heavy atom. The van der Waals surface area contributed by atoms with Gasteiger partial charge in [0.15, 0.2) is 6.29 Å². The van der Waals surface area contributed by atoms with Crippen LogP contribution in [0.5, 0.6) is 0 Å². The van der Waals surface area contributed by atoms with E-state index in [1.165, 1.54) is 6.04 Å². The van der Waals surface area contributed by atoms with Crippen molar-refractivity contribution in [2.45, 2.75) is 44.2 Å². The molecule has 1 saturated heterocycles. The summed E-state index contributed by atoms with van der Waals surface area (Å²) in [5.41, 5.74) is 0. The first-order valence-electron chi connectivity index (χ1n) is 6.19. The summed E-state index contributed by atoms with van der Waals surface area (Å²) < 4.78 is 22.0. The molecule has 4 nitrogen and oxygen atoms in total. The predicted molar refractivity (Wildman–Crippen MR) is 67.6 cm³/mol. The summed E-state index contributed by atoms with van der Waals surface area (Å²) in [6.07, 6.45) is 3.75. The van der Waals surface area contributed by atoms with Crippen molar-refractivity contribution in [3.8, 4) is 0 Å². The summed E-state index contributed by atoms with van der Waals surface area (Å²) >= 11 is 0. The lowest BCUT2D eigenvalue weighted by Crippen LogP contribution is -2.33. The minimum Gasteiger partial charge on any atom is -0.356 e. The Morgan fingerprint density at radius 1 is 1.29 bits per heavy atom. The molecule has 0 amide bonds. The lowest BCUT2D eigenvalue weighted by molar-refractivity contribution is -0.122. The number of hydrogen-bond acceptors (Lipinski definition) is 4. The smallest absolute Gasteiger partial charge is 0.177 e. The van der Waals surface area contributed by atoms with Crippen LogP contribution in [0.2, 0.25) is 25.7 Å². The van der Waals surface area contributed by atoms with Crippen molar-refractivity contribution < 1.29 is 18.9 Å². The van der Waals surface area contributed by atoms with Crippen LogP contribution >= 0.6 is 0 Å². The Morgan fingerprint density at radius 3 is 2.88 bits per heavy atom. The van der Waals surface area contributed by atoms with E-state index in [1.807, 2.05) is 12.2 Å². The van der Waals surface area contributed by atoms with Crippen molar-refractivity contribution in [2.24, 2.45) is 0 Å². The Balaban J connectivity index is 1.60. The molecule has 2 aliphatic rings. The Kier molecular flexibility index (Phi) is 4.38. The van der Waals surface area contributed by atoms with Crippen LogP contribution in [-0.4, -0.2) is 46.6 Å². The summed E-state index contributed by atoms with van der Waals surface area (Å²) in [5.74, 6) is 0. The topological polar surface area (TPSA) is 36.9 Å². The van der Waals surface area contributed by atoms with Gasteiger partial charge in [0, 0.05) is 14.7 Å². The quantitative estimate of drug-likeness (QED) is 0.316. The molecule has 0 radical (unpaired) electrons. The molecule has 2 aliphatic heterocycles. The van der Waals surface area contributed by atoms with Crippen LogP contribution in [0.4, 0.5) is 0 Å². The minimum absolute atomic E-state index is 0.0272. The Labute approximate surface area is 104 Å². The highest BCUT2D eigenvalue weighted by atomic mass is 28.3. The van der Waals surface area contributed by atoms with Gasteiger partial charge < -0.3 is 18.9 Å². The number of hydrogen-bond donors (Lipinski definition) is 0. The number of fused-ring (bicyclic) bond motifs is 2. The molecule has 0 aliphatic carbocycles. The van der Waals surface area contributed by atoms with Gasteiger partial charge in [-0.3, -0.25) is 0 Å². The van der Waals surface area contributed by atoms with Crippen molar-refractivity contribution in [3.05, 3.63) is 12.2 Å². The van der Waals surface area contributed by atoms with E-state index >= 15 is 0 Å². The molecule has 5 heteroatoms. The molecule has 0 spiro atoms. The van der Waals surface area contributed by atoms with Crippen LogP contribution in [0.15, 0.2) is 12.2 Å². The molecule has 1 fully saturated rings. The first kappa shape index (κ1) is 13.2. The van der Waals surface area contributed by atoms with E-state index in [-0.39, 0.29) is 18.5 Å². The number of rotatable bonds is 6. The lowest BCUT2D eigenvalue weighted by Gasteiger charge is -2.23. The Bertz CT molecular complexity index is 274. The molecule has 0 unspecified atom stereocenters. The third-order valence-corrected chi connectivity index (χ3v) is 4.60. The van der Waals surface area contributed by atoms with Gasteiger partial charge in [-0.1, -0.05) is 25.7 Å². The maximum Gasteiger partial charge on any atom is 0.177 e. The minimum atomic E-state index is -1.000. The number of ether oxygens (including phenoxy) is 4. The van der Waals surface area contributed by atoms with Gasteiger partial charge in [0.2, 0.25) is 0 Å². The van der Waals surface area contributed by atoms with Crippen LogP contribution in [-0.2, 0) is 18.9 Å². The molecule has 2 heterocycles. The predicted octanol–water partition coefficient (Wildman–Crippen LogP) is 2.00. The van der Waals surface area contributed by atoms with Gasteiger partial charge in [-0.2, -0.15) is 0 Å². The standard InChI is InChI=1S/C12H22O4Si/c1-17(2,3)7-6-13-9-15-10-4-5-12-14-8-11(10)16-12/h4-5,10-12H,6-9H2,1-3H3/t10-,11-,12-/m1/s1. The third-order valence-electron chi connectivity index (χ3n) is 2.90. The van der Waals surface area contributed by atoms with E-state index in [0.29, 0.717) is 13.4 Å². The second-order valence-electron chi connectivity index (χ2n) is 5.73. The second-order valence-corrected chi connectivity index (χ2v) is 11.4. The Hall–Kier alpha value is -0.203. The molecule has 17 heavy (non-hydrogen) atoms. The monoisotopic (exact) mass is 258 g/mol. The fourth-order valence-electron chi connectivity index (χ4n) is 1.76. The van der Waals surface area contributed by atoms with Gasteiger partial charge in [-0.25, -0.2) is 0 Å². The van der Waals surface area contributed by atoms with Gasteiger partial charge in [0.1, 0.15) is 19.0 Å². The first-order valence-corrected chi connectivity index (χ1v) is 9.90. The highest BCUT2D eigenvalue weighted by Gasteiger charge is 2.34. The molecule has 98 valence electrons. The zero-order valence-corrected chi connectivity index (χ0v) is 11.8.